The normalized spacial score (nSPS) is 17.9. The monoisotopic (exact) mass is 490 g/mol. The average Bonchev–Trinajstić information content (AvgIpc) is 3.60. The summed E-state index contributed by atoms with van der Waals surface area (Å²) in [5, 5.41) is 8.51. The van der Waals surface area contributed by atoms with E-state index in [1.54, 1.807) is 18.3 Å². The molecule has 3 N–H and O–H groups in total. The van der Waals surface area contributed by atoms with Gasteiger partial charge in [-0.2, -0.15) is 5.10 Å². The highest BCUT2D eigenvalue weighted by Gasteiger charge is 2.37. The zero-order chi connectivity index (χ0) is 24.0. The van der Waals surface area contributed by atoms with Crippen LogP contribution in [0.4, 0.5) is 16.0 Å². The number of nitrogens with one attached hydrogen (secondary N) is 1. The predicted molar refractivity (Wildman–Crippen MR) is 138 cm³/mol. The van der Waals surface area contributed by atoms with E-state index in [9.17, 15) is 4.39 Å². The first-order chi connectivity index (χ1) is 17.0. The SMILES string of the molecule is Nc1cc(C2(Cl)CCCC2)n2nc(-c3ccc(F)cc3)c(-c3ccnc(NC4CCCC4)n3)c2c1. The van der Waals surface area contributed by atoms with Crippen molar-refractivity contribution < 1.29 is 4.39 Å². The lowest BCUT2D eigenvalue weighted by molar-refractivity contribution is 0.593. The second-order valence-electron chi connectivity index (χ2n) is 9.77. The number of nitrogens with two attached hydrogens (primary N) is 1. The Morgan fingerprint density at radius 1 is 1.03 bits per heavy atom. The molecule has 0 atom stereocenters. The molecule has 0 bridgehead atoms. The van der Waals surface area contributed by atoms with Gasteiger partial charge in [0.15, 0.2) is 0 Å². The second-order valence-corrected chi connectivity index (χ2v) is 10.5. The summed E-state index contributed by atoms with van der Waals surface area (Å²) in [7, 11) is 0. The van der Waals surface area contributed by atoms with Gasteiger partial charge in [-0.3, -0.25) is 0 Å². The molecule has 3 heterocycles. The van der Waals surface area contributed by atoms with Crippen LogP contribution in [-0.4, -0.2) is 25.6 Å². The lowest BCUT2D eigenvalue weighted by atomic mass is 10.00. The molecule has 35 heavy (non-hydrogen) atoms. The number of hydrogen-bond donors (Lipinski definition) is 2. The fourth-order valence-electron chi connectivity index (χ4n) is 5.56. The van der Waals surface area contributed by atoms with Crippen LogP contribution in [0.15, 0.2) is 48.7 Å². The first-order valence-electron chi connectivity index (χ1n) is 12.4. The number of alkyl halides is 1. The minimum atomic E-state index is -0.516. The number of rotatable bonds is 5. The van der Waals surface area contributed by atoms with E-state index in [1.807, 2.05) is 22.7 Å². The first-order valence-corrected chi connectivity index (χ1v) is 12.8. The molecule has 0 unspecified atom stereocenters. The lowest BCUT2D eigenvalue weighted by Gasteiger charge is -2.22. The quantitative estimate of drug-likeness (QED) is 0.310. The van der Waals surface area contributed by atoms with E-state index in [0.29, 0.717) is 23.4 Å². The van der Waals surface area contributed by atoms with Gasteiger partial charge in [0, 0.05) is 23.5 Å². The topological polar surface area (TPSA) is 81.1 Å². The lowest BCUT2D eigenvalue weighted by Crippen LogP contribution is -2.19. The van der Waals surface area contributed by atoms with Crippen LogP contribution in [0, 0.1) is 5.82 Å². The summed E-state index contributed by atoms with van der Waals surface area (Å²) in [6.07, 6.45) is 10.4. The molecular weight excluding hydrogens is 463 g/mol. The summed E-state index contributed by atoms with van der Waals surface area (Å²) in [4.78, 5) is 8.84. The maximum Gasteiger partial charge on any atom is 0.223 e. The van der Waals surface area contributed by atoms with Gasteiger partial charge in [-0.1, -0.05) is 25.7 Å². The summed E-state index contributed by atoms with van der Waals surface area (Å²) < 4.78 is 15.7. The molecule has 6 nitrogen and oxygen atoms in total. The van der Waals surface area contributed by atoms with Crippen LogP contribution in [0.1, 0.15) is 57.1 Å². The number of benzene rings is 1. The Bertz CT molecular complexity index is 1370. The molecular formula is C27H28ClFN6. The van der Waals surface area contributed by atoms with Gasteiger partial charge in [0.1, 0.15) is 11.5 Å². The molecule has 2 aliphatic rings. The molecule has 0 spiro atoms. The fraction of sp³-hybridized carbons (Fsp3) is 0.370. The Balaban J connectivity index is 1.56. The average molecular weight is 491 g/mol. The number of hydrogen-bond acceptors (Lipinski definition) is 5. The van der Waals surface area contributed by atoms with Crippen LogP contribution < -0.4 is 11.1 Å². The maximum atomic E-state index is 13.8. The van der Waals surface area contributed by atoms with E-state index < -0.39 is 4.87 Å². The smallest absolute Gasteiger partial charge is 0.223 e. The summed E-state index contributed by atoms with van der Waals surface area (Å²) >= 11 is 7.14. The summed E-state index contributed by atoms with van der Waals surface area (Å²) in [5.41, 5.74) is 11.8. The van der Waals surface area contributed by atoms with Gasteiger partial charge in [0.2, 0.25) is 5.95 Å². The first kappa shape index (κ1) is 22.3. The van der Waals surface area contributed by atoms with Crippen LogP contribution in [-0.2, 0) is 4.87 Å². The molecule has 180 valence electrons. The molecule has 8 heteroatoms. The third kappa shape index (κ3) is 4.12. The van der Waals surface area contributed by atoms with Gasteiger partial charge < -0.3 is 11.1 Å². The molecule has 2 aliphatic carbocycles. The summed E-state index contributed by atoms with van der Waals surface area (Å²) in [5.74, 6) is 0.312. The largest absolute Gasteiger partial charge is 0.399 e. The standard InChI is InChI=1S/C27H28ClFN6/c28-27(12-3-4-13-27)23-16-19(30)15-22-24(25(34-35(22)23)17-7-9-18(29)10-8-17)21-11-14-31-26(33-21)32-20-5-1-2-6-20/h7-11,14-16,20H,1-6,12-13,30H2,(H,31,32,33). The van der Waals surface area contributed by atoms with Crippen molar-refractivity contribution in [2.75, 3.05) is 11.1 Å². The number of pyridine rings is 1. The van der Waals surface area contributed by atoms with Gasteiger partial charge in [0.25, 0.3) is 0 Å². The Labute approximate surface area is 208 Å². The maximum absolute atomic E-state index is 13.8. The Morgan fingerprint density at radius 2 is 1.77 bits per heavy atom. The third-order valence-corrected chi connectivity index (χ3v) is 7.90. The number of anilines is 2. The highest BCUT2D eigenvalue weighted by atomic mass is 35.5. The minimum Gasteiger partial charge on any atom is -0.399 e. The van der Waals surface area contributed by atoms with Crippen LogP contribution in [0.5, 0.6) is 0 Å². The van der Waals surface area contributed by atoms with Crippen LogP contribution in [0.25, 0.3) is 28.0 Å². The van der Waals surface area contributed by atoms with Crippen molar-refractivity contribution in [1.82, 2.24) is 19.6 Å². The molecule has 2 saturated carbocycles. The van der Waals surface area contributed by atoms with Gasteiger partial charge in [-0.05, 0) is 68.1 Å². The number of aromatic nitrogens is 4. The van der Waals surface area contributed by atoms with Crippen molar-refractivity contribution in [1.29, 1.82) is 0 Å². The predicted octanol–water partition coefficient (Wildman–Crippen LogP) is 6.54. The van der Waals surface area contributed by atoms with Crippen LogP contribution in [0.2, 0.25) is 0 Å². The Hall–Kier alpha value is -3.19. The minimum absolute atomic E-state index is 0.292. The molecule has 0 saturated heterocycles. The Morgan fingerprint density at radius 3 is 2.51 bits per heavy atom. The van der Waals surface area contributed by atoms with Gasteiger partial charge in [0.05, 0.1) is 27.3 Å². The molecule has 1 aromatic carbocycles. The third-order valence-electron chi connectivity index (χ3n) is 7.33. The van der Waals surface area contributed by atoms with E-state index in [0.717, 1.165) is 66.6 Å². The molecule has 0 radical (unpaired) electrons. The van der Waals surface area contributed by atoms with E-state index >= 15 is 0 Å². The highest BCUT2D eigenvalue weighted by Crippen LogP contribution is 2.46. The molecule has 4 aromatic rings. The van der Waals surface area contributed by atoms with Crippen LogP contribution >= 0.6 is 11.6 Å². The zero-order valence-electron chi connectivity index (χ0n) is 19.5. The van der Waals surface area contributed by atoms with E-state index in [2.05, 4.69) is 10.3 Å². The number of halogens is 2. The molecule has 3 aromatic heterocycles. The number of fused-ring (bicyclic) bond motifs is 1. The van der Waals surface area contributed by atoms with E-state index in [1.165, 1.54) is 25.0 Å². The summed E-state index contributed by atoms with van der Waals surface area (Å²) in [6, 6.07) is 12.5. The van der Waals surface area contributed by atoms with E-state index in [-0.39, 0.29) is 5.82 Å². The number of nitrogens with zero attached hydrogens (tertiary/aromatic N) is 4. The highest BCUT2D eigenvalue weighted by molar-refractivity contribution is 6.24. The second kappa shape index (κ2) is 8.79. The van der Waals surface area contributed by atoms with Crippen molar-refractivity contribution >= 4 is 28.8 Å². The Kier molecular flexibility index (Phi) is 5.60. The molecule has 2 fully saturated rings. The van der Waals surface area contributed by atoms with Crippen molar-refractivity contribution in [3.8, 4) is 22.5 Å². The zero-order valence-corrected chi connectivity index (χ0v) is 20.2. The number of nitrogen functional groups attached to an aromatic ring is 1. The van der Waals surface area contributed by atoms with Crippen molar-refractivity contribution in [3.05, 3.63) is 60.2 Å². The molecule has 6 rings (SSSR count). The summed E-state index contributed by atoms with van der Waals surface area (Å²) in [6.45, 7) is 0. The molecule has 0 amide bonds. The van der Waals surface area contributed by atoms with Crippen LogP contribution in [0.3, 0.4) is 0 Å². The van der Waals surface area contributed by atoms with E-state index in [4.69, 9.17) is 27.4 Å². The van der Waals surface area contributed by atoms with Gasteiger partial charge >= 0.3 is 0 Å². The van der Waals surface area contributed by atoms with Crippen molar-refractivity contribution in [3.63, 3.8) is 0 Å². The van der Waals surface area contributed by atoms with Gasteiger partial charge in [-0.15, -0.1) is 11.6 Å². The fourth-order valence-corrected chi connectivity index (χ4v) is 5.96. The van der Waals surface area contributed by atoms with Crippen molar-refractivity contribution in [2.45, 2.75) is 62.3 Å². The van der Waals surface area contributed by atoms with Crippen molar-refractivity contribution in [2.24, 2.45) is 0 Å². The molecule has 0 aliphatic heterocycles. The van der Waals surface area contributed by atoms with Gasteiger partial charge in [-0.25, -0.2) is 18.9 Å².